The van der Waals surface area contributed by atoms with Crippen LogP contribution in [0.4, 0.5) is 4.79 Å². The molecule has 2 heterocycles. The highest BCUT2D eigenvalue weighted by Gasteiger charge is 2.38. The average Bonchev–Trinajstić information content (AvgIpc) is 3.37. The second kappa shape index (κ2) is 9.73. The van der Waals surface area contributed by atoms with Gasteiger partial charge in [-0.15, -0.1) is 0 Å². The Balaban J connectivity index is 1.68. The summed E-state index contributed by atoms with van der Waals surface area (Å²) in [6.45, 7) is 2.47. The molecule has 0 unspecified atom stereocenters. The Hall–Kier alpha value is -3.62. The highest BCUT2D eigenvalue weighted by molar-refractivity contribution is 5.98. The van der Waals surface area contributed by atoms with E-state index >= 15 is 0 Å². The molecule has 1 saturated heterocycles. The van der Waals surface area contributed by atoms with Crippen molar-refractivity contribution in [3.63, 3.8) is 0 Å². The van der Waals surface area contributed by atoms with Gasteiger partial charge in [-0.3, -0.25) is 19.7 Å². The van der Waals surface area contributed by atoms with Crippen molar-refractivity contribution in [2.75, 3.05) is 13.1 Å². The highest BCUT2D eigenvalue weighted by atomic mass is 16.5. The number of amides is 4. The Labute approximate surface area is 173 Å². The molecule has 2 aromatic rings. The van der Waals surface area contributed by atoms with Gasteiger partial charge < -0.3 is 19.4 Å². The van der Waals surface area contributed by atoms with Gasteiger partial charge in [-0.25, -0.2) is 4.79 Å². The molecule has 0 spiro atoms. The van der Waals surface area contributed by atoms with Gasteiger partial charge >= 0.3 is 12.0 Å². The number of urea groups is 1. The molecule has 1 aromatic heterocycles. The van der Waals surface area contributed by atoms with E-state index in [2.05, 4.69) is 10.6 Å². The molecule has 0 aliphatic carbocycles. The number of hydrogen-bond donors (Lipinski definition) is 2. The lowest BCUT2D eigenvalue weighted by Gasteiger charge is -2.20. The van der Waals surface area contributed by atoms with Gasteiger partial charge in [0, 0.05) is 25.1 Å². The van der Waals surface area contributed by atoms with Crippen LogP contribution in [0.1, 0.15) is 30.8 Å². The van der Waals surface area contributed by atoms with Crippen LogP contribution in [0.2, 0.25) is 0 Å². The van der Waals surface area contributed by atoms with Gasteiger partial charge in [-0.2, -0.15) is 0 Å². The van der Waals surface area contributed by atoms with Gasteiger partial charge in [0.15, 0.2) is 0 Å². The second-order valence-electron chi connectivity index (χ2n) is 6.83. The van der Waals surface area contributed by atoms with Crippen molar-refractivity contribution in [1.29, 1.82) is 0 Å². The molecule has 2 atom stereocenters. The number of benzene rings is 1. The molecule has 4 amide bonds. The van der Waals surface area contributed by atoms with Crippen molar-refractivity contribution < 1.29 is 28.3 Å². The van der Waals surface area contributed by atoms with E-state index in [1.54, 1.807) is 49.4 Å². The Bertz CT molecular complexity index is 897. The quantitative estimate of drug-likeness (QED) is 0.668. The lowest BCUT2D eigenvalue weighted by molar-refractivity contribution is -0.159. The maximum absolute atomic E-state index is 12.7. The molecule has 9 heteroatoms. The first-order valence-corrected chi connectivity index (χ1v) is 9.62. The number of imide groups is 1. The first-order chi connectivity index (χ1) is 14.5. The summed E-state index contributed by atoms with van der Waals surface area (Å²) in [5, 5.41) is 4.62. The number of nitrogens with one attached hydrogen (secondary N) is 2. The van der Waals surface area contributed by atoms with Crippen LogP contribution in [0.25, 0.3) is 0 Å². The predicted molar refractivity (Wildman–Crippen MR) is 105 cm³/mol. The molecule has 0 radical (unpaired) electrons. The molecular formula is C21H23N3O6. The fraction of sp³-hybridized carbons (Fsp3) is 0.333. The average molecular weight is 413 g/mol. The smallest absolute Gasteiger partial charge is 0.321 e. The van der Waals surface area contributed by atoms with Gasteiger partial charge in [0.1, 0.15) is 5.76 Å². The summed E-state index contributed by atoms with van der Waals surface area (Å²) in [6.07, 6.45) is 0.189. The Morgan fingerprint density at radius 1 is 1.20 bits per heavy atom. The van der Waals surface area contributed by atoms with Gasteiger partial charge in [0.25, 0.3) is 5.91 Å². The standard InChI is InChI=1S/C21H23N3O6/c1-2-22-21(28)23-19(26)18(14-7-4-3-5-8-14)30-20(27)15-11-17(25)24(12-15)13-16-9-6-10-29-16/h3-10,15,18H,2,11-13H2,1H3,(H2,22,23,26,28)/t15-,18+/m0/s1. The molecule has 158 valence electrons. The number of carbonyl (C=O) groups is 4. The highest BCUT2D eigenvalue weighted by Crippen LogP contribution is 2.25. The minimum absolute atomic E-state index is 0.0149. The molecular weight excluding hydrogens is 390 g/mol. The zero-order valence-corrected chi connectivity index (χ0v) is 16.5. The van der Waals surface area contributed by atoms with E-state index in [9.17, 15) is 19.2 Å². The lowest BCUT2D eigenvalue weighted by atomic mass is 10.1. The number of ether oxygens (including phenoxy) is 1. The van der Waals surface area contributed by atoms with Crippen molar-refractivity contribution in [3.05, 3.63) is 60.1 Å². The largest absolute Gasteiger partial charge is 0.467 e. The van der Waals surface area contributed by atoms with Crippen LogP contribution < -0.4 is 10.6 Å². The fourth-order valence-corrected chi connectivity index (χ4v) is 3.17. The summed E-state index contributed by atoms with van der Waals surface area (Å²) in [7, 11) is 0. The van der Waals surface area contributed by atoms with Gasteiger partial charge in [0.05, 0.1) is 18.7 Å². The summed E-state index contributed by atoms with van der Waals surface area (Å²) < 4.78 is 10.7. The van der Waals surface area contributed by atoms with Crippen LogP contribution >= 0.6 is 0 Å². The van der Waals surface area contributed by atoms with E-state index in [1.807, 2.05) is 0 Å². The summed E-state index contributed by atoms with van der Waals surface area (Å²) in [6, 6.07) is 11.2. The molecule has 1 aliphatic rings. The molecule has 1 fully saturated rings. The van der Waals surface area contributed by atoms with Gasteiger partial charge in [-0.1, -0.05) is 30.3 Å². The van der Waals surface area contributed by atoms with Crippen LogP contribution in [0.3, 0.4) is 0 Å². The minimum atomic E-state index is -1.31. The summed E-state index contributed by atoms with van der Waals surface area (Å²) in [5.41, 5.74) is 0.421. The zero-order valence-electron chi connectivity index (χ0n) is 16.5. The van der Waals surface area contributed by atoms with E-state index < -0.39 is 29.9 Å². The molecule has 30 heavy (non-hydrogen) atoms. The minimum Gasteiger partial charge on any atom is -0.467 e. The molecule has 3 rings (SSSR count). The van der Waals surface area contributed by atoms with Gasteiger partial charge in [-0.05, 0) is 19.1 Å². The van der Waals surface area contributed by atoms with E-state index in [1.165, 1.54) is 11.2 Å². The third-order valence-electron chi connectivity index (χ3n) is 4.62. The van der Waals surface area contributed by atoms with E-state index in [-0.39, 0.29) is 25.4 Å². The van der Waals surface area contributed by atoms with Crippen LogP contribution in [0.5, 0.6) is 0 Å². The topological polar surface area (TPSA) is 118 Å². The summed E-state index contributed by atoms with van der Waals surface area (Å²) in [5.74, 6) is -1.74. The van der Waals surface area contributed by atoms with Crippen molar-refractivity contribution in [2.24, 2.45) is 5.92 Å². The van der Waals surface area contributed by atoms with E-state index in [0.29, 0.717) is 17.9 Å². The molecule has 9 nitrogen and oxygen atoms in total. The zero-order chi connectivity index (χ0) is 21.5. The number of likely N-dealkylation sites (tertiary alicyclic amines) is 1. The predicted octanol–water partition coefficient (Wildman–Crippen LogP) is 1.76. The van der Waals surface area contributed by atoms with Crippen LogP contribution in [-0.2, 0) is 25.7 Å². The second-order valence-corrected chi connectivity index (χ2v) is 6.83. The maximum Gasteiger partial charge on any atom is 0.321 e. The van der Waals surface area contributed by atoms with E-state index in [4.69, 9.17) is 9.15 Å². The fourth-order valence-electron chi connectivity index (χ4n) is 3.17. The molecule has 2 N–H and O–H groups in total. The lowest BCUT2D eigenvalue weighted by Crippen LogP contribution is -2.43. The monoisotopic (exact) mass is 413 g/mol. The molecule has 0 saturated carbocycles. The van der Waals surface area contributed by atoms with Crippen molar-refractivity contribution >= 4 is 23.8 Å². The number of esters is 1. The molecule has 0 bridgehead atoms. The van der Waals surface area contributed by atoms with Crippen molar-refractivity contribution in [3.8, 4) is 0 Å². The Kier molecular flexibility index (Phi) is 6.84. The van der Waals surface area contributed by atoms with Crippen LogP contribution in [-0.4, -0.2) is 41.8 Å². The molecule has 1 aromatic carbocycles. The van der Waals surface area contributed by atoms with Crippen molar-refractivity contribution in [2.45, 2.75) is 26.0 Å². The number of nitrogens with zero attached hydrogens (tertiary/aromatic N) is 1. The maximum atomic E-state index is 12.7. The Morgan fingerprint density at radius 3 is 2.63 bits per heavy atom. The van der Waals surface area contributed by atoms with Crippen LogP contribution in [0, 0.1) is 5.92 Å². The summed E-state index contributed by atoms with van der Waals surface area (Å²) >= 11 is 0. The van der Waals surface area contributed by atoms with Crippen LogP contribution in [0.15, 0.2) is 53.1 Å². The molecule has 1 aliphatic heterocycles. The van der Waals surface area contributed by atoms with Gasteiger partial charge in [0.2, 0.25) is 12.0 Å². The number of furan rings is 1. The first-order valence-electron chi connectivity index (χ1n) is 9.62. The first kappa shape index (κ1) is 21.1. The third kappa shape index (κ3) is 5.25. The number of hydrogen-bond acceptors (Lipinski definition) is 6. The third-order valence-corrected chi connectivity index (χ3v) is 4.62. The summed E-state index contributed by atoms with van der Waals surface area (Å²) in [4.78, 5) is 50.8. The van der Waals surface area contributed by atoms with Crippen molar-refractivity contribution in [1.82, 2.24) is 15.5 Å². The SMILES string of the molecule is CCNC(=O)NC(=O)[C@H](OC(=O)[C@H]1CC(=O)N(Cc2ccco2)C1)c1ccccc1. The van der Waals surface area contributed by atoms with E-state index in [0.717, 1.165) is 0 Å². The normalized spacial score (nSPS) is 16.8. The Morgan fingerprint density at radius 2 is 1.97 bits per heavy atom. The number of carbonyl (C=O) groups excluding carboxylic acids is 4. The number of rotatable bonds is 7.